The minimum absolute atomic E-state index is 0.209. The second-order valence-corrected chi connectivity index (χ2v) is 6.09. The molecule has 0 aliphatic heterocycles. The van der Waals surface area contributed by atoms with Crippen molar-refractivity contribution in [2.24, 2.45) is 5.73 Å². The number of rotatable bonds is 6. The summed E-state index contributed by atoms with van der Waals surface area (Å²) >= 11 is 0. The quantitative estimate of drug-likeness (QED) is 0.749. The number of ether oxygens (including phenoxy) is 2. The molecule has 3 heteroatoms. The number of hydrogen-bond acceptors (Lipinski definition) is 3. The van der Waals surface area contributed by atoms with Gasteiger partial charge in [-0.25, -0.2) is 0 Å². The highest BCUT2D eigenvalue weighted by Crippen LogP contribution is 2.18. The van der Waals surface area contributed by atoms with Gasteiger partial charge in [-0.15, -0.1) is 0 Å². The van der Waals surface area contributed by atoms with Crippen LogP contribution in [0, 0.1) is 0 Å². The summed E-state index contributed by atoms with van der Waals surface area (Å²) in [5.41, 5.74) is 6.33. The van der Waals surface area contributed by atoms with Crippen molar-refractivity contribution >= 4 is 0 Å². The van der Waals surface area contributed by atoms with Gasteiger partial charge in [0.25, 0.3) is 0 Å². The normalized spacial score (nSPS) is 26.7. The van der Waals surface area contributed by atoms with Crippen LogP contribution >= 0.6 is 0 Å². The van der Waals surface area contributed by atoms with Crippen molar-refractivity contribution in [3.8, 4) is 0 Å². The van der Waals surface area contributed by atoms with Crippen LogP contribution in [0.1, 0.15) is 77.6 Å². The minimum Gasteiger partial charge on any atom is -0.379 e. The van der Waals surface area contributed by atoms with Gasteiger partial charge in [0, 0.05) is 12.6 Å². The fraction of sp³-hybridized carbons (Fsp3) is 1.00. The molecule has 20 heavy (non-hydrogen) atoms. The smallest absolute Gasteiger partial charge is 0.0727 e. The molecule has 0 saturated heterocycles. The van der Waals surface area contributed by atoms with Gasteiger partial charge >= 0.3 is 0 Å². The van der Waals surface area contributed by atoms with Crippen LogP contribution in [0.2, 0.25) is 0 Å². The van der Waals surface area contributed by atoms with Crippen LogP contribution in [-0.4, -0.2) is 32.0 Å². The second-order valence-electron chi connectivity index (χ2n) is 6.09. The van der Waals surface area contributed by atoms with Crippen LogP contribution in [0.25, 0.3) is 0 Å². The molecule has 1 aliphatic carbocycles. The van der Waals surface area contributed by atoms with Crippen molar-refractivity contribution < 1.29 is 9.47 Å². The summed E-state index contributed by atoms with van der Waals surface area (Å²) in [7, 11) is 0. The van der Waals surface area contributed by atoms with Gasteiger partial charge in [-0.1, -0.05) is 58.3 Å². The van der Waals surface area contributed by atoms with Gasteiger partial charge < -0.3 is 15.2 Å². The molecular weight excluding hydrogens is 250 g/mol. The first-order chi connectivity index (χ1) is 9.84. The molecule has 0 aromatic carbocycles. The molecule has 3 nitrogen and oxygen atoms in total. The van der Waals surface area contributed by atoms with Gasteiger partial charge in [-0.3, -0.25) is 0 Å². The molecule has 2 unspecified atom stereocenters. The maximum absolute atomic E-state index is 6.33. The molecule has 1 rings (SSSR count). The van der Waals surface area contributed by atoms with E-state index >= 15 is 0 Å². The molecule has 0 radical (unpaired) electrons. The molecule has 120 valence electrons. The Hall–Kier alpha value is -0.120. The van der Waals surface area contributed by atoms with E-state index in [0.29, 0.717) is 13.2 Å². The molecule has 0 amide bonds. The Morgan fingerprint density at radius 1 is 0.800 bits per heavy atom. The Morgan fingerprint density at radius 3 is 2.05 bits per heavy atom. The van der Waals surface area contributed by atoms with Gasteiger partial charge in [0.1, 0.15) is 0 Å². The van der Waals surface area contributed by atoms with Gasteiger partial charge in [-0.05, 0) is 19.3 Å². The number of hydrogen-bond donors (Lipinski definition) is 1. The van der Waals surface area contributed by atoms with Crippen LogP contribution in [0.3, 0.4) is 0 Å². The number of nitrogens with two attached hydrogens (primary N) is 1. The molecule has 2 atom stereocenters. The topological polar surface area (TPSA) is 44.5 Å². The second kappa shape index (κ2) is 12.6. The summed E-state index contributed by atoms with van der Waals surface area (Å²) in [4.78, 5) is 0. The first kappa shape index (κ1) is 17.9. The van der Waals surface area contributed by atoms with E-state index in [2.05, 4.69) is 6.92 Å². The third kappa shape index (κ3) is 8.93. The molecular formula is C17H35NO2. The molecule has 0 spiro atoms. The predicted octanol–water partition coefficient (Wildman–Crippen LogP) is 4.04. The molecule has 0 bridgehead atoms. The van der Waals surface area contributed by atoms with Crippen molar-refractivity contribution in [1.29, 1.82) is 0 Å². The van der Waals surface area contributed by atoms with E-state index < -0.39 is 0 Å². The maximum Gasteiger partial charge on any atom is 0.0727 e. The predicted molar refractivity (Wildman–Crippen MR) is 85.0 cm³/mol. The lowest BCUT2D eigenvalue weighted by Crippen LogP contribution is -2.37. The van der Waals surface area contributed by atoms with E-state index in [9.17, 15) is 0 Å². The summed E-state index contributed by atoms with van der Waals surface area (Å²) in [6.07, 6.45) is 14.3. The lowest BCUT2D eigenvalue weighted by atomic mass is 9.96. The zero-order valence-corrected chi connectivity index (χ0v) is 13.4. The van der Waals surface area contributed by atoms with E-state index in [1.54, 1.807) is 0 Å². The van der Waals surface area contributed by atoms with E-state index in [4.69, 9.17) is 15.2 Å². The third-order valence-electron chi connectivity index (χ3n) is 4.16. The summed E-state index contributed by atoms with van der Waals surface area (Å²) in [5, 5.41) is 0. The minimum atomic E-state index is 0.209. The summed E-state index contributed by atoms with van der Waals surface area (Å²) in [6.45, 7) is 4.36. The lowest BCUT2D eigenvalue weighted by molar-refractivity contribution is -0.0119. The van der Waals surface area contributed by atoms with Gasteiger partial charge in [0.15, 0.2) is 0 Å². The Morgan fingerprint density at radius 2 is 1.40 bits per heavy atom. The van der Waals surface area contributed by atoms with Crippen molar-refractivity contribution in [3.63, 3.8) is 0 Å². The van der Waals surface area contributed by atoms with Crippen LogP contribution < -0.4 is 5.73 Å². The van der Waals surface area contributed by atoms with Crippen LogP contribution in [0.4, 0.5) is 0 Å². The highest BCUT2D eigenvalue weighted by molar-refractivity contribution is 4.74. The molecule has 0 heterocycles. The van der Waals surface area contributed by atoms with E-state index in [1.165, 1.54) is 51.4 Å². The first-order valence-corrected chi connectivity index (χ1v) is 8.79. The molecule has 1 fully saturated rings. The highest BCUT2D eigenvalue weighted by Gasteiger charge is 2.18. The molecule has 1 aliphatic rings. The van der Waals surface area contributed by atoms with Gasteiger partial charge in [0.2, 0.25) is 0 Å². The third-order valence-corrected chi connectivity index (χ3v) is 4.16. The highest BCUT2D eigenvalue weighted by atomic mass is 16.5. The van der Waals surface area contributed by atoms with Crippen molar-refractivity contribution in [3.05, 3.63) is 0 Å². The monoisotopic (exact) mass is 285 g/mol. The van der Waals surface area contributed by atoms with E-state index in [-0.39, 0.29) is 12.1 Å². The van der Waals surface area contributed by atoms with Crippen molar-refractivity contribution in [1.82, 2.24) is 0 Å². The Kier molecular flexibility index (Phi) is 11.3. The SMILES string of the molecule is CCCOCCOC1CCCCCCCCCCC1N. The average molecular weight is 285 g/mol. The van der Waals surface area contributed by atoms with Crippen LogP contribution in [-0.2, 0) is 9.47 Å². The average Bonchev–Trinajstić information content (AvgIpc) is 2.44. The Balaban J connectivity index is 2.25. The fourth-order valence-corrected chi connectivity index (χ4v) is 2.90. The molecule has 2 N–H and O–H groups in total. The largest absolute Gasteiger partial charge is 0.379 e. The van der Waals surface area contributed by atoms with Crippen molar-refractivity contribution in [2.45, 2.75) is 89.7 Å². The zero-order valence-electron chi connectivity index (χ0n) is 13.4. The maximum atomic E-state index is 6.33. The first-order valence-electron chi connectivity index (χ1n) is 8.79. The van der Waals surface area contributed by atoms with Gasteiger partial charge in [0.05, 0.1) is 19.3 Å². The summed E-state index contributed by atoms with van der Waals surface area (Å²) < 4.78 is 11.5. The summed E-state index contributed by atoms with van der Waals surface area (Å²) in [5.74, 6) is 0. The Labute approximate surface area is 125 Å². The molecule has 0 aromatic heterocycles. The van der Waals surface area contributed by atoms with Gasteiger partial charge in [-0.2, -0.15) is 0 Å². The standard InChI is InChI=1S/C17H35NO2/c1-2-13-19-14-15-20-17-12-10-8-6-4-3-5-7-9-11-16(17)18/h16-17H,2-15,18H2,1H3. The van der Waals surface area contributed by atoms with Crippen LogP contribution in [0.15, 0.2) is 0 Å². The summed E-state index contributed by atoms with van der Waals surface area (Å²) in [6, 6.07) is 0.209. The lowest BCUT2D eigenvalue weighted by Gasteiger charge is -2.25. The van der Waals surface area contributed by atoms with Crippen molar-refractivity contribution in [2.75, 3.05) is 19.8 Å². The van der Waals surface area contributed by atoms with E-state index in [1.807, 2.05) is 0 Å². The van der Waals surface area contributed by atoms with Crippen LogP contribution in [0.5, 0.6) is 0 Å². The molecule has 1 saturated carbocycles. The zero-order chi connectivity index (χ0) is 14.5. The Bertz CT molecular complexity index is 211. The molecule has 0 aromatic rings. The fourth-order valence-electron chi connectivity index (χ4n) is 2.90. The van der Waals surface area contributed by atoms with E-state index in [0.717, 1.165) is 25.9 Å².